The number of amides is 2. The first kappa shape index (κ1) is 13.5. The van der Waals surface area contributed by atoms with Crippen molar-refractivity contribution in [1.29, 1.82) is 0 Å². The summed E-state index contributed by atoms with van der Waals surface area (Å²) in [5.74, 6) is -1.27. The molecule has 0 aliphatic carbocycles. The number of carboxylic acid groups (broad SMARTS) is 1. The van der Waals surface area contributed by atoms with Gasteiger partial charge in [-0.2, -0.15) is 0 Å². The Morgan fingerprint density at radius 3 is 2.90 bits per heavy atom. The van der Waals surface area contributed by atoms with Gasteiger partial charge in [-0.1, -0.05) is 18.2 Å². The number of hydrogen-bond donors (Lipinski definition) is 3. The molecule has 0 saturated carbocycles. The molecular formula is C15H17N3O3. The van der Waals surface area contributed by atoms with Crippen LogP contribution in [0.15, 0.2) is 30.3 Å². The molecule has 1 atom stereocenters. The van der Waals surface area contributed by atoms with Crippen molar-refractivity contribution in [3.8, 4) is 0 Å². The van der Waals surface area contributed by atoms with E-state index in [9.17, 15) is 9.59 Å². The van der Waals surface area contributed by atoms with Crippen molar-refractivity contribution in [3.05, 3.63) is 36.0 Å². The van der Waals surface area contributed by atoms with Crippen LogP contribution in [-0.4, -0.2) is 40.1 Å². The highest BCUT2D eigenvalue weighted by Crippen LogP contribution is 2.17. The Bertz CT molecular complexity index is 647. The molecule has 1 aromatic heterocycles. The summed E-state index contributed by atoms with van der Waals surface area (Å²) in [6.45, 7) is 1.19. The van der Waals surface area contributed by atoms with E-state index in [-0.39, 0.29) is 12.6 Å². The van der Waals surface area contributed by atoms with E-state index in [4.69, 9.17) is 5.11 Å². The van der Waals surface area contributed by atoms with Gasteiger partial charge in [0.2, 0.25) is 0 Å². The van der Waals surface area contributed by atoms with Crippen molar-refractivity contribution in [2.45, 2.75) is 13.0 Å². The van der Waals surface area contributed by atoms with Crippen LogP contribution in [0.4, 0.5) is 4.79 Å². The summed E-state index contributed by atoms with van der Waals surface area (Å²) in [5.41, 5.74) is 1.97. The Kier molecular flexibility index (Phi) is 3.51. The summed E-state index contributed by atoms with van der Waals surface area (Å²) >= 11 is 0. The number of H-pyrrole nitrogens is 1. The molecule has 6 heteroatoms. The lowest BCUT2D eigenvalue weighted by Gasteiger charge is -2.16. The molecule has 0 radical (unpaired) electrons. The molecule has 0 spiro atoms. The lowest BCUT2D eigenvalue weighted by Crippen LogP contribution is -2.38. The first-order chi connectivity index (χ1) is 10.1. The van der Waals surface area contributed by atoms with Crippen molar-refractivity contribution in [1.82, 2.24) is 15.2 Å². The summed E-state index contributed by atoms with van der Waals surface area (Å²) in [6.07, 6.45) is 0.523. The number of aromatic amines is 1. The van der Waals surface area contributed by atoms with Crippen LogP contribution in [0.2, 0.25) is 0 Å². The number of fused-ring (bicyclic) bond motifs is 1. The number of nitrogens with zero attached hydrogens (tertiary/aromatic N) is 1. The van der Waals surface area contributed by atoms with Crippen LogP contribution in [0.1, 0.15) is 12.1 Å². The fraction of sp³-hybridized carbons (Fsp3) is 0.333. The zero-order valence-electron chi connectivity index (χ0n) is 11.5. The molecule has 1 unspecified atom stereocenters. The van der Waals surface area contributed by atoms with Gasteiger partial charge >= 0.3 is 12.0 Å². The van der Waals surface area contributed by atoms with E-state index in [0.717, 1.165) is 16.6 Å². The maximum Gasteiger partial charge on any atom is 0.317 e. The van der Waals surface area contributed by atoms with Crippen molar-refractivity contribution in [3.63, 3.8) is 0 Å². The summed E-state index contributed by atoms with van der Waals surface area (Å²) in [4.78, 5) is 27.7. The predicted octanol–water partition coefficient (Wildman–Crippen LogP) is 1.78. The van der Waals surface area contributed by atoms with E-state index < -0.39 is 11.9 Å². The topological polar surface area (TPSA) is 85.4 Å². The van der Waals surface area contributed by atoms with Crippen molar-refractivity contribution < 1.29 is 14.7 Å². The van der Waals surface area contributed by atoms with Crippen LogP contribution >= 0.6 is 0 Å². The number of likely N-dealkylation sites (tertiary alicyclic amines) is 1. The lowest BCUT2D eigenvalue weighted by molar-refractivity contribution is -0.141. The first-order valence-electron chi connectivity index (χ1n) is 6.95. The monoisotopic (exact) mass is 287 g/mol. The number of nitrogens with one attached hydrogen (secondary N) is 2. The number of urea groups is 1. The average molecular weight is 287 g/mol. The van der Waals surface area contributed by atoms with Gasteiger partial charge in [0, 0.05) is 24.3 Å². The molecule has 2 heterocycles. The number of carboxylic acids is 1. The van der Waals surface area contributed by atoms with Gasteiger partial charge in [-0.15, -0.1) is 0 Å². The molecule has 6 nitrogen and oxygen atoms in total. The molecule has 1 fully saturated rings. The second kappa shape index (κ2) is 5.47. The van der Waals surface area contributed by atoms with Crippen LogP contribution in [0.3, 0.4) is 0 Å². The highest BCUT2D eigenvalue weighted by molar-refractivity contribution is 5.81. The second-order valence-corrected chi connectivity index (χ2v) is 5.31. The molecule has 3 rings (SSSR count). The first-order valence-corrected chi connectivity index (χ1v) is 6.95. The Morgan fingerprint density at radius 1 is 1.38 bits per heavy atom. The van der Waals surface area contributed by atoms with Crippen LogP contribution in [0.5, 0.6) is 0 Å². The van der Waals surface area contributed by atoms with Gasteiger partial charge in [-0.3, -0.25) is 4.79 Å². The molecule has 1 aliphatic heterocycles. The van der Waals surface area contributed by atoms with E-state index in [1.54, 1.807) is 4.90 Å². The number of hydrogen-bond acceptors (Lipinski definition) is 2. The standard InChI is InChI=1S/C15H17N3O3/c19-14(20)11-5-6-18(9-11)15(21)16-8-12-7-10-3-1-2-4-13(10)17-12/h1-4,7,11,17H,5-6,8-9H2,(H,16,21)(H,19,20). The molecular weight excluding hydrogens is 270 g/mol. The minimum Gasteiger partial charge on any atom is -0.481 e. The number of carbonyl (C=O) groups is 2. The van der Waals surface area contributed by atoms with Crippen LogP contribution in [0.25, 0.3) is 10.9 Å². The normalized spacial score (nSPS) is 18.1. The molecule has 110 valence electrons. The molecule has 1 saturated heterocycles. The van der Waals surface area contributed by atoms with E-state index in [0.29, 0.717) is 19.5 Å². The van der Waals surface area contributed by atoms with Gasteiger partial charge in [-0.05, 0) is 23.9 Å². The van der Waals surface area contributed by atoms with Gasteiger partial charge < -0.3 is 20.3 Å². The van der Waals surface area contributed by atoms with E-state index in [1.165, 1.54) is 0 Å². The summed E-state index contributed by atoms with van der Waals surface area (Å²) < 4.78 is 0. The Hall–Kier alpha value is -2.50. The van der Waals surface area contributed by atoms with Crippen molar-refractivity contribution in [2.24, 2.45) is 5.92 Å². The van der Waals surface area contributed by atoms with E-state index in [1.807, 2.05) is 30.3 Å². The predicted molar refractivity (Wildman–Crippen MR) is 77.9 cm³/mol. The third-order valence-corrected chi connectivity index (χ3v) is 3.84. The van der Waals surface area contributed by atoms with Gasteiger partial charge in [0.15, 0.2) is 0 Å². The number of carbonyl (C=O) groups excluding carboxylic acids is 1. The molecule has 1 aromatic carbocycles. The highest BCUT2D eigenvalue weighted by atomic mass is 16.4. The largest absolute Gasteiger partial charge is 0.481 e. The second-order valence-electron chi connectivity index (χ2n) is 5.31. The van der Waals surface area contributed by atoms with E-state index in [2.05, 4.69) is 10.3 Å². The SMILES string of the molecule is O=C(O)C1CCN(C(=O)NCc2cc3ccccc3[nH]2)C1. The van der Waals surface area contributed by atoms with Crippen LogP contribution in [0, 0.1) is 5.92 Å². The fourth-order valence-electron chi connectivity index (χ4n) is 2.66. The third-order valence-electron chi connectivity index (χ3n) is 3.84. The summed E-state index contributed by atoms with van der Waals surface area (Å²) in [7, 11) is 0. The maximum atomic E-state index is 12.0. The van der Waals surface area contributed by atoms with Gasteiger partial charge in [0.05, 0.1) is 12.5 Å². The minimum atomic E-state index is -0.832. The zero-order valence-corrected chi connectivity index (χ0v) is 11.5. The number of aliphatic carboxylic acids is 1. The Balaban J connectivity index is 1.57. The highest BCUT2D eigenvalue weighted by Gasteiger charge is 2.30. The molecule has 0 bridgehead atoms. The number of benzene rings is 1. The van der Waals surface area contributed by atoms with Gasteiger partial charge in [0.1, 0.15) is 0 Å². The number of rotatable bonds is 3. The molecule has 21 heavy (non-hydrogen) atoms. The van der Waals surface area contributed by atoms with Crippen LogP contribution in [-0.2, 0) is 11.3 Å². The number of aromatic nitrogens is 1. The molecule has 1 aliphatic rings. The fourth-order valence-corrected chi connectivity index (χ4v) is 2.66. The Labute approximate surface area is 121 Å². The number of para-hydroxylation sites is 1. The molecule has 3 N–H and O–H groups in total. The van der Waals surface area contributed by atoms with Gasteiger partial charge in [0.25, 0.3) is 0 Å². The van der Waals surface area contributed by atoms with Crippen LogP contribution < -0.4 is 5.32 Å². The lowest BCUT2D eigenvalue weighted by atomic mass is 10.1. The van der Waals surface area contributed by atoms with Crippen molar-refractivity contribution >= 4 is 22.9 Å². The summed E-state index contributed by atoms with van der Waals surface area (Å²) in [6, 6.07) is 9.71. The van der Waals surface area contributed by atoms with Gasteiger partial charge in [-0.25, -0.2) is 4.79 Å². The quantitative estimate of drug-likeness (QED) is 0.804. The maximum absolute atomic E-state index is 12.0. The molecule has 2 aromatic rings. The average Bonchev–Trinajstić information content (AvgIpc) is 3.11. The van der Waals surface area contributed by atoms with E-state index >= 15 is 0 Å². The smallest absolute Gasteiger partial charge is 0.317 e. The summed E-state index contributed by atoms with van der Waals surface area (Å²) in [5, 5.41) is 12.9. The zero-order chi connectivity index (χ0) is 14.8. The molecule has 2 amide bonds. The Morgan fingerprint density at radius 2 is 2.19 bits per heavy atom. The third kappa shape index (κ3) is 2.84. The minimum absolute atomic E-state index is 0.211. The van der Waals surface area contributed by atoms with Crippen molar-refractivity contribution in [2.75, 3.05) is 13.1 Å².